The largest absolute Gasteiger partial charge is 0.493 e. The topological polar surface area (TPSA) is 110 Å². The summed E-state index contributed by atoms with van der Waals surface area (Å²) in [5.74, 6) is -0.183. The van der Waals surface area contributed by atoms with Gasteiger partial charge in [-0.2, -0.15) is 0 Å². The monoisotopic (exact) mass is 631 g/mol. The van der Waals surface area contributed by atoms with Crippen LogP contribution in [-0.2, 0) is 13.2 Å². The lowest BCUT2D eigenvalue weighted by Gasteiger charge is -2.13. The molecule has 10 heteroatoms. The molecule has 0 spiro atoms. The minimum Gasteiger partial charge on any atom is -0.493 e. The third kappa shape index (κ3) is 7.98. The Bertz CT molecular complexity index is 1840. The van der Waals surface area contributed by atoms with Gasteiger partial charge < -0.3 is 25.1 Å². The zero-order chi connectivity index (χ0) is 31.6. The Kier molecular flexibility index (Phi) is 11.0. The molecule has 0 aliphatic rings. The smallest absolute Gasteiger partial charge is 0.261 e. The number of carbonyl (C=O) groups excluding carboxylic acids is 2. The van der Waals surface area contributed by atoms with Gasteiger partial charge in [0.1, 0.15) is 12.2 Å². The Hall–Kier alpha value is -4.79. The number of carbonyl (C=O) groups is 2. The summed E-state index contributed by atoms with van der Waals surface area (Å²) < 4.78 is 11.4. The fourth-order valence-electron chi connectivity index (χ4n) is 4.27. The molecule has 5 rings (SSSR count). The Morgan fingerprint density at radius 3 is 2.30 bits per heavy atom. The molecule has 1 aromatic heterocycles. The second kappa shape index (κ2) is 15.1. The Balaban J connectivity index is 0.00000216. The SMILES string of the molecule is CC.COc1cc2[nH]c(=O)c(C(=O)Nc3cc(C(=O)NCc4cccc(Cl)c4)ccc3Cl)cc2cc1OCc1ccccc1. The lowest BCUT2D eigenvalue weighted by atomic mass is 10.1. The number of H-pyrrole nitrogens is 1. The molecule has 8 nitrogen and oxygen atoms in total. The lowest BCUT2D eigenvalue weighted by Crippen LogP contribution is -2.24. The number of methoxy groups -OCH3 is 1. The predicted molar refractivity (Wildman–Crippen MR) is 175 cm³/mol. The van der Waals surface area contributed by atoms with Crippen LogP contribution in [0.1, 0.15) is 45.7 Å². The molecule has 44 heavy (non-hydrogen) atoms. The van der Waals surface area contributed by atoms with Crippen LogP contribution in [0.4, 0.5) is 5.69 Å². The fraction of sp³-hybridized carbons (Fsp3) is 0.147. The molecule has 2 amide bonds. The molecule has 4 aromatic carbocycles. The maximum absolute atomic E-state index is 13.2. The van der Waals surface area contributed by atoms with Crippen LogP contribution in [0.15, 0.2) is 95.8 Å². The van der Waals surface area contributed by atoms with E-state index in [4.69, 9.17) is 32.7 Å². The van der Waals surface area contributed by atoms with Gasteiger partial charge in [-0.05, 0) is 53.6 Å². The van der Waals surface area contributed by atoms with Crippen molar-refractivity contribution in [3.05, 3.63) is 134 Å². The minimum absolute atomic E-state index is 0.145. The number of fused-ring (bicyclic) bond motifs is 1. The Morgan fingerprint density at radius 1 is 0.818 bits per heavy atom. The van der Waals surface area contributed by atoms with Crippen LogP contribution in [-0.4, -0.2) is 23.9 Å². The molecule has 0 atom stereocenters. The zero-order valence-electron chi connectivity index (χ0n) is 24.4. The molecule has 3 N–H and O–H groups in total. The van der Waals surface area contributed by atoms with Gasteiger partial charge in [0.05, 0.1) is 23.3 Å². The number of amides is 2. The number of ether oxygens (including phenoxy) is 2. The first-order chi connectivity index (χ1) is 21.3. The van der Waals surface area contributed by atoms with Gasteiger partial charge in [0.2, 0.25) is 0 Å². The summed E-state index contributed by atoms with van der Waals surface area (Å²) in [6.45, 7) is 4.57. The van der Waals surface area contributed by atoms with Crippen LogP contribution < -0.4 is 25.7 Å². The number of rotatable bonds is 9. The first-order valence-electron chi connectivity index (χ1n) is 13.9. The first kappa shape index (κ1) is 32.1. The third-order valence-corrected chi connectivity index (χ3v) is 6.99. The van der Waals surface area contributed by atoms with E-state index in [9.17, 15) is 14.4 Å². The number of pyridine rings is 1. The molecule has 0 saturated heterocycles. The highest BCUT2D eigenvalue weighted by Crippen LogP contribution is 2.32. The van der Waals surface area contributed by atoms with Gasteiger partial charge in [0.15, 0.2) is 11.5 Å². The average molecular weight is 633 g/mol. The van der Waals surface area contributed by atoms with E-state index >= 15 is 0 Å². The fourth-order valence-corrected chi connectivity index (χ4v) is 4.65. The van der Waals surface area contributed by atoms with Crippen LogP contribution >= 0.6 is 23.2 Å². The van der Waals surface area contributed by atoms with E-state index in [0.29, 0.717) is 34.0 Å². The standard InChI is InChI=1S/C32H25Cl2N3O5.C2H6/c1-41-28-16-26-22(15-29(28)42-18-19-6-3-2-4-7-19)13-24(31(39)36-26)32(40)37-27-14-21(10-11-25(27)34)30(38)35-17-20-8-5-9-23(33)12-20;1-2/h2-16H,17-18H2,1H3,(H,35,38)(H,36,39)(H,37,40);1-2H3. The minimum atomic E-state index is -0.695. The van der Waals surface area contributed by atoms with E-state index in [2.05, 4.69) is 15.6 Å². The summed E-state index contributed by atoms with van der Waals surface area (Å²) in [6, 6.07) is 26.1. The molecule has 226 valence electrons. The number of hydrogen-bond donors (Lipinski definition) is 3. The van der Waals surface area contributed by atoms with E-state index in [1.54, 1.807) is 36.4 Å². The number of anilines is 1. The lowest BCUT2D eigenvalue weighted by molar-refractivity contribution is 0.0949. The summed E-state index contributed by atoms with van der Waals surface area (Å²) in [5.41, 5.74) is 1.98. The maximum atomic E-state index is 13.2. The summed E-state index contributed by atoms with van der Waals surface area (Å²) in [7, 11) is 1.51. The van der Waals surface area contributed by atoms with Crippen LogP contribution in [0, 0.1) is 0 Å². The van der Waals surface area contributed by atoms with Crippen molar-refractivity contribution in [3.8, 4) is 11.5 Å². The molecular formula is C34H31Cl2N3O5. The molecule has 1 heterocycles. The van der Waals surface area contributed by atoms with Crippen molar-refractivity contribution < 1.29 is 19.1 Å². The molecular weight excluding hydrogens is 601 g/mol. The second-order valence-electron chi connectivity index (χ2n) is 9.34. The van der Waals surface area contributed by atoms with Crippen LogP contribution in [0.2, 0.25) is 10.0 Å². The van der Waals surface area contributed by atoms with E-state index < -0.39 is 11.5 Å². The van der Waals surface area contributed by atoms with Gasteiger partial charge in [-0.25, -0.2) is 0 Å². The Morgan fingerprint density at radius 2 is 1.57 bits per heavy atom. The van der Waals surface area contributed by atoms with Gasteiger partial charge in [-0.15, -0.1) is 0 Å². The van der Waals surface area contributed by atoms with Crippen molar-refractivity contribution >= 4 is 51.6 Å². The quantitative estimate of drug-likeness (QED) is 0.155. The first-order valence-corrected chi connectivity index (χ1v) is 14.6. The summed E-state index contributed by atoms with van der Waals surface area (Å²) in [5, 5.41) is 6.78. The average Bonchev–Trinajstić information content (AvgIpc) is 3.04. The third-order valence-electron chi connectivity index (χ3n) is 6.43. The van der Waals surface area contributed by atoms with Crippen LogP contribution in [0.5, 0.6) is 11.5 Å². The van der Waals surface area contributed by atoms with Gasteiger partial charge in [-0.3, -0.25) is 14.4 Å². The number of benzene rings is 4. The molecule has 0 aliphatic heterocycles. The van der Waals surface area contributed by atoms with Crippen molar-refractivity contribution in [2.24, 2.45) is 0 Å². The highest BCUT2D eigenvalue weighted by Gasteiger charge is 2.17. The van der Waals surface area contributed by atoms with E-state index in [1.807, 2.05) is 50.2 Å². The highest BCUT2D eigenvalue weighted by molar-refractivity contribution is 6.34. The number of hydrogen-bond acceptors (Lipinski definition) is 5. The second-order valence-corrected chi connectivity index (χ2v) is 10.2. The van der Waals surface area contributed by atoms with Crippen LogP contribution in [0.25, 0.3) is 10.9 Å². The maximum Gasteiger partial charge on any atom is 0.261 e. The molecule has 0 unspecified atom stereocenters. The number of nitrogens with one attached hydrogen (secondary N) is 3. The zero-order valence-corrected chi connectivity index (χ0v) is 25.9. The molecule has 0 fully saturated rings. The van der Waals surface area contributed by atoms with Crippen molar-refractivity contribution in [2.45, 2.75) is 27.0 Å². The van der Waals surface area contributed by atoms with Gasteiger partial charge in [0.25, 0.3) is 17.4 Å². The van der Waals surface area contributed by atoms with E-state index in [0.717, 1.165) is 11.1 Å². The van der Waals surface area contributed by atoms with E-state index in [1.165, 1.54) is 25.3 Å². The number of halogens is 2. The predicted octanol–water partition coefficient (Wildman–Crippen LogP) is 7.63. The van der Waals surface area contributed by atoms with Crippen LogP contribution in [0.3, 0.4) is 0 Å². The summed E-state index contributed by atoms with van der Waals surface area (Å²) >= 11 is 12.3. The number of aromatic amines is 1. The van der Waals surface area contributed by atoms with E-state index in [-0.39, 0.29) is 34.3 Å². The van der Waals surface area contributed by atoms with Crippen molar-refractivity contribution in [3.63, 3.8) is 0 Å². The summed E-state index contributed by atoms with van der Waals surface area (Å²) in [6.07, 6.45) is 0. The van der Waals surface area contributed by atoms with Gasteiger partial charge in [0, 0.05) is 28.6 Å². The van der Waals surface area contributed by atoms with Crippen molar-refractivity contribution in [1.82, 2.24) is 10.3 Å². The van der Waals surface area contributed by atoms with Gasteiger partial charge in [-0.1, -0.05) is 79.5 Å². The molecule has 0 radical (unpaired) electrons. The Labute approximate surface area is 264 Å². The molecule has 0 bridgehead atoms. The van der Waals surface area contributed by atoms with Crippen molar-refractivity contribution in [2.75, 3.05) is 12.4 Å². The molecule has 5 aromatic rings. The molecule has 0 aliphatic carbocycles. The van der Waals surface area contributed by atoms with Gasteiger partial charge >= 0.3 is 0 Å². The summed E-state index contributed by atoms with van der Waals surface area (Å²) in [4.78, 5) is 41.6. The normalized spacial score (nSPS) is 10.4. The number of aromatic nitrogens is 1. The van der Waals surface area contributed by atoms with Crippen molar-refractivity contribution in [1.29, 1.82) is 0 Å². The highest BCUT2D eigenvalue weighted by atomic mass is 35.5. The molecule has 0 saturated carbocycles.